The van der Waals surface area contributed by atoms with Crippen molar-refractivity contribution in [2.75, 3.05) is 0 Å². The second kappa shape index (κ2) is 7.12. The molecule has 4 heteroatoms. The molecule has 0 aromatic carbocycles. The Morgan fingerprint density at radius 3 is 2.42 bits per heavy atom. The van der Waals surface area contributed by atoms with Crippen molar-refractivity contribution < 1.29 is 19.4 Å². The fourth-order valence-electron chi connectivity index (χ4n) is 2.39. The normalized spacial score (nSPS) is 23.0. The quantitative estimate of drug-likeness (QED) is 0.445. The zero-order valence-electron chi connectivity index (χ0n) is 11.9. The average molecular weight is 266 g/mol. The van der Waals surface area contributed by atoms with Crippen molar-refractivity contribution in [3.8, 4) is 0 Å². The largest absolute Gasteiger partial charge is 0.381 e. The van der Waals surface area contributed by atoms with Gasteiger partial charge in [0, 0.05) is 11.1 Å². The number of carbonyl (C=O) groups is 2. The molecule has 0 saturated heterocycles. The molecule has 1 rings (SSSR count). The maximum absolute atomic E-state index is 11.7. The molecule has 19 heavy (non-hydrogen) atoms. The molecule has 0 aromatic rings. The van der Waals surface area contributed by atoms with Gasteiger partial charge in [-0.3, -0.25) is 0 Å². The van der Waals surface area contributed by atoms with Gasteiger partial charge in [-0.2, -0.15) is 0 Å². The van der Waals surface area contributed by atoms with Crippen LogP contribution in [-0.4, -0.2) is 11.9 Å². The second-order valence-electron chi connectivity index (χ2n) is 5.13. The van der Waals surface area contributed by atoms with E-state index in [0.29, 0.717) is 17.4 Å². The zero-order chi connectivity index (χ0) is 14.4. The number of hydrogen-bond acceptors (Lipinski definition) is 4. The van der Waals surface area contributed by atoms with Gasteiger partial charge >= 0.3 is 11.9 Å². The monoisotopic (exact) mass is 266 g/mol. The zero-order valence-corrected chi connectivity index (χ0v) is 11.9. The molecule has 1 aliphatic carbocycles. The van der Waals surface area contributed by atoms with E-state index in [9.17, 15) is 9.59 Å². The van der Waals surface area contributed by atoms with Crippen LogP contribution in [0.3, 0.4) is 0 Å². The standard InChI is InChI=1S/C15H22O4/c1-5-12-7-6-8-13(12)9-11(4)15(17)19-18-14(16)10(2)3/h9,12-13H,2,5-8H2,1,3-4H3/b11-9+. The molecule has 4 nitrogen and oxygen atoms in total. The van der Waals surface area contributed by atoms with Crippen LogP contribution in [0.25, 0.3) is 0 Å². The summed E-state index contributed by atoms with van der Waals surface area (Å²) in [5, 5.41) is 0. The van der Waals surface area contributed by atoms with E-state index >= 15 is 0 Å². The Hall–Kier alpha value is -1.58. The fraction of sp³-hybridized carbons (Fsp3) is 0.600. The van der Waals surface area contributed by atoms with Crippen molar-refractivity contribution in [3.05, 3.63) is 23.8 Å². The minimum Gasteiger partial charge on any atom is -0.242 e. The molecule has 0 aliphatic heterocycles. The summed E-state index contributed by atoms with van der Waals surface area (Å²) in [4.78, 5) is 31.6. The maximum Gasteiger partial charge on any atom is 0.381 e. The summed E-state index contributed by atoms with van der Waals surface area (Å²) in [5.74, 6) is -0.278. The molecular weight excluding hydrogens is 244 g/mol. The number of carbonyl (C=O) groups excluding carboxylic acids is 2. The Kier molecular flexibility index (Phi) is 5.80. The van der Waals surface area contributed by atoms with Gasteiger partial charge in [-0.25, -0.2) is 19.4 Å². The topological polar surface area (TPSA) is 52.6 Å². The highest BCUT2D eigenvalue weighted by molar-refractivity contribution is 5.90. The first-order valence-corrected chi connectivity index (χ1v) is 6.72. The van der Waals surface area contributed by atoms with Gasteiger partial charge < -0.3 is 0 Å². The highest BCUT2D eigenvalue weighted by Crippen LogP contribution is 2.35. The first-order chi connectivity index (χ1) is 8.95. The van der Waals surface area contributed by atoms with Crippen molar-refractivity contribution in [1.82, 2.24) is 0 Å². The average Bonchev–Trinajstić information content (AvgIpc) is 2.82. The number of allylic oxidation sites excluding steroid dienone is 1. The van der Waals surface area contributed by atoms with Crippen LogP contribution in [0.1, 0.15) is 46.5 Å². The van der Waals surface area contributed by atoms with E-state index in [2.05, 4.69) is 23.3 Å². The van der Waals surface area contributed by atoms with Crippen LogP contribution < -0.4 is 0 Å². The van der Waals surface area contributed by atoms with Crippen molar-refractivity contribution in [2.45, 2.75) is 46.5 Å². The van der Waals surface area contributed by atoms with Gasteiger partial charge in [-0.05, 0) is 38.5 Å². The van der Waals surface area contributed by atoms with E-state index in [-0.39, 0.29) is 5.57 Å². The summed E-state index contributed by atoms with van der Waals surface area (Å²) in [6, 6.07) is 0. The van der Waals surface area contributed by atoms with Crippen LogP contribution >= 0.6 is 0 Å². The third kappa shape index (κ3) is 4.54. The van der Waals surface area contributed by atoms with E-state index in [1.807, 2.05) is 6.08 Å². The summed E-state index contributed by atoms with van der Waals surface area (Å²) in [6.07, 6.45) is 6.58. The molecule has 0 bridgehead atoms. The van der Waals surface area contributed by atoms with E-state index in [1.54, 1.807) is 6.92 Å². The van der Waals surface area contributed by atoms with Crippen LogP contribution in [0.15, 0.2) is 23.8 Å². The molecule has 1 aliphatic rings. The SMILES string of the molecule is C=C(C)C(=O)OOC(=O)/C(C)=C/C1CCCC1CC. The summed E-state index contributed by atoms with van der Waals surface area (Å²) < 4.78 is 0. The number of rotatable bonds is 4. The Balaban J connectivity index is 2.52. The Bertz CT molecular complexity index is 395. The molecule has 0 spiro atoms. The van der Waals surface area contributed by atoms with E-state index in [0.717, 1.165) is 12.8 Å². The summed E-state index contributed by atoms with van der Waals surface area (Å²) in [6.45, 7) is 8.74. The third-order valence-corrected chi connectivity index (χ3v) is 3.57. The lowest BCUT2D eigenvalue weighted by Crippen LogP contribution is -2.14. The predicted octanol–water partition coefficient (Wildman–Crippen LogP) is 3.34. The Labute approximate surface area is 114 Å². The first kappa shape index (κ1) is 15.5. The minimum atomic E-state index is -0.728. The number of hydrogen-bond donors (Lipinski definition) is 0. The molecule has 2 atom stereocenters. The van der Waals surface area contributed by atoms with Crippen molar-refractivity contribution in [2.24, 2.45) is 11.8 Å². The molecule has 0 amide bonds. The molecule has 0 N–H and O–H groups in total. The fourth-order valence-corrected chi connectivity index (χ4v) is 2.39. The molecule has 0 radical (unpaired) electrons. The highest BCUT2D eigenvalue weighted by Gasteiger charge is 2.25. The molecule has 1 saturated carbocycles. The lowest BCUT2D eigenvalue weighted by atomic mass is 9.92. The maximum atomic E-state index is 11.7. The molecule has 106 valence electrons. The van der Waals surface area contributed by atoms with Crippen molar-refractivity contribution in [3.63, 3.8) is 0 Å². The second-order valence-corrected chi connectivity index (χ2v) is 5.13. The molecule has 2 unspecified atom stereocenters. The summed E-state index contributed by atoms with van der Waals surface area (Å²) in [7, 11) is 0. The predicted molar refractivity (Wildman–Crippen MR) is 71.9 cm³/mol. The van der Waals surface area contributed by atoms with Crippen LogP contribution in [0.5, 0.6) is 0 Å². The molecule has 1 fully saturated rings. The van der Waals surface area contributed by atoms with Crippen LogP contribution in [0.4, 0.5) is 0 Å². The smallest absolute Gasteiger partial charge is 0.242 e. The van der Waals surface area contributed by atoms with E-state index in [4.69, 9.17) is 0 Å². The van der Waals surface area contributed by atoms with Crippen LogP contribution in [0, 0.1) is 11.8 Å². The van der Waals surface area contributed by atoms with Gasteiger partial charge in [-0.1, -0.05) is 32.4 Å². The minimum absolute atomic E-state index is 0.191. The van der Waals surface area contributed by atoms with Crippen molar-refractivity contribution in [1.29, 1.82) is 0 Å². The van der Waals surface area contributed by atoms with Gasteiger partial charge in [0.15, 0.2) is 0 Å². The van der Waals surface area contributed by atoms with E-state index < -0.39 is 11.9 Å². The lowest BCUT2D eigenvalue weighted by molar-refractivity contribution is -0.252. The summed E-state index contributed by atoms with van der Waals surface area (Å²) >= 11 is 0. The lowest BCUT2D eigenvalue weighted by Gasteiger charge is -2.14. The van der Waals surface area contributed by atoms with Crippen molar-refractivity contribution >= 4 is 11.9 Å². The van der Waals surface area contributed by atoms with E-state index in [1.165, 1.54) is 19.8 Å². The Morgan fingerprint density at radius 1 is 1.21 bits per heavy atom. The molecular formula is C15H22O4. The molecule has 0 aromatic heterocycles. The van der Waals surface area contributed by atoms with Gasteiger partial charge in [-0.15, -0.1) is 0 Å². The van der Waals surface area contributed by atoms with Gasteiger partial charge in [0.1, 0.15) is 0 Å². The Morgan fingerprint density at radius 2 is 1.84 bits per heavy atom. The summed E-state index contributed by atoms with van der Waals surface area (Å²) in [5.41, 5.74) is 0.677. The molecule has 0 heterocycles. The highest BCUT2D eigenvalue weighted by atomic mass is 17.2. The van der Waals surface area contributed by atoms with Gasteiger partial charge in [0.05, 0.1) is 0 Å². The van der Waals surface area contributed by atoms with Gasteiger partial charge in [0.2, 0.25) is 0 Å². The van der Waals surface area contributed by atoms with Crippen LogP contribution in [0.2, 0.25) is 0 Å². The van der Waals surface area contributed by atoms with Gasteiger partial charge in [0.25, 0.3) is 0 Å². The van der Waals surface area contributed by atoms with Crippen LogP contribution in [-0.2, 0) is 19.4 Å². The first-order valence-electron chi connectivity index (χ1n) is 6.72. The third-order valence-electron chi connectivity index (χ3n) is 3.57.